The highest BCUT2D eigenvalue weighted by Gasteiger charge is 2.24. The van der Waals surface area contributed by atoms with Crippen LogP contribution < -0.4 is 0 Å². The van der Waals surface area contributed by atoms with E-state index in [1.165, 1.54) is 0 Å². The van der Waals surface area contributed by atoms with E-state index in [1.807, 2.05) is 29.5 Å². The molecule has 6 heteroatoms. The molecular formula is C9H13IO5. The Labute approximate surface area is 102 Å². The molecule has 0 bridgehead atoms. The van der Waals surface area contributed by atoms with Crippen LogP contribution in [0.2, 0.25) is 0 Å². The number of carbonyl (C=O) groups is 2. The second kappa shape index (κ2) is 6.14. The largest absolute Gasteiger partial charge is 0.508 e. The molecule has 5 nitrogen and oxygen atoms in total. The van der Waals surface area contributed by atoms with Crippen LogP contribution in [-0.2, 0) is 19.0 Å². The van der Waals surface area contributed by atoms with Gasteiger partial charge in [0.15, 0.2) is 0 Å². The van der Waals surface area contributed by atoms with E-state index in [1.54, 1.807) is 0 Å². The van der Waals surface area contributed by atoms with Crippen molar-refractivity contribution in [2.24, 2.45) is 0 Å². The summed E-state index contributed by atoms with van der Waals surface area (Å²) in [6, 6.07) is 0. The number of alkyl halides is 1. The number of halogens is 1. The molecule has 1 saturated heterocycles. The zero-order chi connectivity index (χ0) is 11.3. The van der Waals surface area contributed by atoms with Gasteiger partial charge in [0.05, 0.1) is 6.61 Å². The molecule has 1 rings (SSSR count). The third kappa shape index (κ3) is 4.23. The van der Waals surface area contributed by atoms with Gasteiger partial charge in [0.25, 0.3) is 0 Å². The van der Waals surface area contributed by atoms with E-state index in [9.17, 15) is 9.59 Å². The fourth-order valence-electron chi connectivity index (χ4n) is 1.05. The summed E-state index contributed by atoms with van der Waals surface area (Å²) in [6.45, 7) is 2.35. The van der Waals surface area contributed by atoms with Gasteiger partial charge < -0.3 is 14.2 Å². The maximum atomic E-state index is 11.3. The Morgan fingerprint density at radius 1 is 1.73 bits per heavy atom. The maximum absolute atomic E-state index is 11.3. The molecule has 2 atom stereocenters. The Bertz CT molecular complexity index is 243. The lowest BCUT2D eigenvalue weighted by molar-refractivity contribution is -0.147. The fourth-order valence-corrected chi connectivity index (χ4v) is 1.23. The number of cyclic esters (lactones) is 2. The third-order valence-electron chi connectivity index (χ3n) is 1.95. The van der Waals surface area contributed by atoms with Crippen molar-refractivity contribution >= 4 is 34.7 Å². The van der Waals surface area contributed by atoms with Crippen molar-refractivity contribution in [1.82, 2.24) is 0 Å². The number of hydrogen-bond donors (Lipinski definition) is 0. The molecule has 15 heavy (non-hydrogen) atoms. The predicted molar refractivity (Wildman–Crippen MR) is 59.9 cm³/mol. The highest BCUT2D eigenvalue weighted by Crippen LogP contribution is 2.11. The van der Waals surface area contributed by atoms with E-state index in [0.717, 1.165) is 6.42 Å². The van der Waals surface area contributed by atoms with Crippen LogP contribution in [0.25, 0.3) is 0 Å². The summed E-state index contributed by atoms with van der Waals surface area (Å²) in [5.41, 5.74) is 0. The Balaban J connectivity index is 2.24. The molecule has 0 spiro atoms. The first-order valence-corrected chi connectivity index (χ1v) is 6.02. The molecule has 0 radical (unpaired) electrons. The van der Waals surface area contributed by atoms with E-state index < -0.39 is 6.16 Å². The molecule has 2 unspecified atom stereocenters. The van der Waals surface area contributed by atoms with Gasteiger partial charge in [0.1, 0.15) is 16.6 Å². The zero-order valence-electron chi connectivity index (χ0n) is 8.40. The van der Waals surface area contributed by atoms with Crippen LogP contribution in [0.15, 0.2) is 0 Å². The number of carbonyl (C=O) groups excluding carboxylic acids is 2. The number of ether oxygens (including phenoxy) is 3. The summed E-state index contributed by atoms with van der Waals surface area (Å²) in [4.78, 5) is 22.0. The molecule has 0 aromatic heterocycles. The first-order chi connectivity index (χ1) is 7.13. The van der Waals surface area contributed by atoms with Gasteiger partial charge in [-0.15, -0.1) is 0 Å². The van der Waals surface area contributed by atoms with Crippen molar-refractivity contribution < 1.29 is 23.8 Å². The molecule has 1 aliphatic heterocycles. The Hall–Kier alpha value is -0.530. The first kappa shape index (κ1) is 12.5. The highest BCUT2D eigenvalue weighted by atomic mass is 127. The van der Waals surface area contributed by atoms with Crippen LogP contribution in [0.3, 0.4) is 0 Å². The number of hydrogen-bond acceptors (Lipinski definition) is 5. The molecule has 0 aliphatic carbocycles. The van der Waals surface area contributed by atoms with Crippen LogP contribution in [-0.4, -0.2) is 35.4 Å². The molecule has 1 aliphatic rings. The second-order valence-corrected chi connectivity index (χ2v) is 4.64. The summed E-state index contributed by atoms with van der Waals surface area (Å²) < 4.78 is 14.3. The lowest BCUT2D eigenvalue weighted by Gasteiger charge is -2.22. The predicted octanol–water partition coefficient (Wildman–Crippen LogP) is 1.67. The lowest BCUT2D eigenvalue weighted by atomic mass is 10.2. The summed E-state index contributed by atoms with van der Waals surface area (Å²) in [5.74, 6) is -0.263. The molecule has 86 valence electrons. The van der Waals surface area contributed by atoms with Crippen molar-refractivity contribution in [1.29, 1.82) is 0 Å². The molecule has 0 N–H and O–H groups in total. The van der Waals surface area contributed by atoms with Gasteiger partial charge in [-0.2, -0.15) is 0 Å². The average molecular weight is 328 g/mol. The summed E-state index contributed by atoms with van der Waals surface area (Å²) in [6.07, 6.45) is 0.240. The summed E-state index contributed by atoms with van der Waals surface area (Å²) in [7, 11) is 0. The van der Waals surface area contributed by atoms with Crippen molar-refractivity contribution in [3.8, 4) is 0 Å². The molecule has 0 amide bonds. The normalized spacial score (nSPS) is 22.5. The summed E-state index contributed by atoms with van der Waals surface area (Å²) >= 11 is 2.02. The Kier molecular flexibility index (Phi) is 5.13. The van der Waals surface area contributed by atoms with Gasteiger partial charge in [-0.05, 0) is 6.42 Å². The summed E-state index contributed by atoms with van der Waals surface area (Å²) in [5, 5.41) is 0. The number of esters is 1. The minimum Gasteiger partial charge on any atom is -0.461 e. The molecule has 0 aromatic carbocycles. The van der Waals surface area contributed by atoms with Crippen LogP contribution in [0, 0.1) is 0 Å². The monoisotopic (exact) mass is 328 g/mol. The quantitative estimate of drug-likeness (QED) is 0.446. The highest BCUT2D eigenvalue weighted by molar-refractivity contribution is 14.1. The molecular weight excluding hydrogens is 315 g/mol. The molecule has 0 aromatic rings. The van der Waals surface area contributed by atoms with Crippen LogP contribution in [0.5, 0.6) is 0 Å². The van der Waals surface area contributed by atoms with Crippen LogP contribution >= 0.6 is 22.6 Å². The standard InChI is InChI=1S/C9H13IO5/c1-2-7(10)8(11)14-5-6-3-4-13-9(12)15-6/h6-7H,2-5H2,1H3. The van der Waals surface area contributed by atoms with Crippen molar-refractivity contribution in [3.63, 3.8) is 0 Å². The minimum atomic E-state index is -0.691. The van der Waals surface area contributed by atoms with E-state index in [4.69, 9.17) is 9.47 Å². The van der Waals surface area contributed by atoms with Crippen LogP contribution in [0.1, 0.15) is 19.8 Å². The van der Waals surface area contributed by atoms with Crippen molar-refractivity contribution in [3.05, 3.63) is 0 Å². The maximum Gasteiger partial charge on any atom is 0.508 e. The molecule has 1 fully saturated rings. The zero-order valence-corrected chi connectivity index (χ0v) is 10.6. The van der Waals surface area contributed by atoms with E-state index >= 15 is 0 Å². The average Bonchev–Trinajstić information content (AvgIpc) is 2.25. The minimum absolute atomic E-state index is 0.118. The number of rotatable bonds is 4. The molecule has 1 heterocycles. The van der Waals surface area contributed by atoms with E-state index in [0.29, 0.717) is 13.0 Å². The topological polar surface area (TPSA) is 61.8 Å². The fraction of sp³-hybridized carbons (Fsp3) is 0.778. The third-order valence-corrected chi connectivity index (χ3v) is 3.34. The smallest absolute Gasteiger partial charge is 0.461 e. The van der Waals surface area contributed by atoms with Crippen molar-refractivity contribution in [2.75, 3.05) is 13.2 Å². The van der Waals surface area contributed by atoms with Gasteiger partial charge >= 0.3 is 12.1 Å². The van der Waals surface area contributed by atoms with E-state index in [-0.39, 0.29) is 22.6 Å². The van der Waals surface area contributed by atoms with Gasteiger partial charge in [-0.1, -0.05) is 29.5 Å². The molecule has 0 saturated carbocycles. The first-order valence-electron chi connectivity index (χ1n) is 4.77. The van der Waals surface area contributed by atoms with Gasteiger partial charge in [-0.25, -0.2) is 4.79 Å². The Morgan fingerprint density at radius 2 is 2.47 bits per heavy atom. The van der Waals surface area contributed by atoms with Gasteiger partial charge in [0, 0.05) is 6.42 Å². The van der Waals surface area contributed by atoms with Crippen LogP contribution in [0.4, 0.5) is 4.79 Å². The second-order valence-electron chi connectivity index (χ2n) is 3.13. The van der Waals surface area contributed by atoms with Crippen molar-refractivity contribution in [2.45, 2.75) is 29.8 Å². The Morgan fingerprint density at radius 3 is 3.07 bits per heavy atom. The van der Waals surface area contributed by atoms with Gasteiger partial charge in [0.2, 0.25) is 0 Å². The van der Waals surface area contributed by atoms with Gasteiger partial charge in [-0.3, -0.25) is 4.79 Å². The van der Waals surface area contributed by atoms with E-state index in [2.05, 4.69) is 4.74 Å². The SMILES string of the molecule is CCC(I)C(=O)OCC1CCOC(=O)O1. The lowest BCUT2D eigenvalue weighted by Crippen LogP contribution is -2.32.